The summed E-state index contributed by atoms with van der Waals surface area (Å²) in [7, 11) is 0. The van der Waals surface area contributed by atoms with Gasteiger partial charge in [0.05, 0.1) is 11.1 Å². The van der Waals surface area contributed by atoms with Gasteiger partial charge in [-0.2, -0.15) is 4.98 Å². The van der Waals surface area contributed by atoms with E-state index in [1.165, 1.54) is 18.2 Å². The number of benzene rings is 1. The molecule has 32 heavy (non-hydrogen) atoms. The molecule has 3 rings (SSSR count). The molecule has 0 fully saturated rings. The van der Waals surface area contributed by atoms with Gasteiger partial charge >= 0.3 is 0 Å². The van der Waals surface area contributed by atoms with Crippen LogP contribution in [0, 0.1) is 13.8 Å². The van der Waals surface area contributed by atoms with Gasteiger partial charge in [0.25, 0.3) is 5.91 Å². The van der Waals surface area contributed by atoms with Gasteiger partial charge in [0.2, 0.25) is 11.6 Å². The Morgan fingerprint density at radius 1 is 1.12 bits per heavy atom. The summed E-state index contributed by atoms with van der Waals surface area (Å²) in [5.41, 5.74) is 1.80. The summed E-state index contributed by atoms with van der Waals surface area (Å²) in [4.78, 5) is 34.1. The van der Waals surface area contributed by atoms with Crippen molar-refractivity contribution < 1.29 is 14.0 Å². The monoisotopic (exact) mass is 454 g/mol. The van der Waals surface area contributed by atoms with Gasteiger partial charge in [0, 0.05) is 17.2 Å². The van der Waals surface area contributed by atoms with Gasteiger partial charge in [0.15, 0.2) is 5.16 Å². The number of unbranched alkanes of at least 4 members (excludes halogenated alkanes) is 2. The number of carbonyl (C=O) groups is 2. The van der Waals surface area contributed by atoms with E-state index in [1.54, 1.807) is 24.3 Å². The molecular weight excluding hydrogens is 424 g/mol. The first kappa shape index (κ1) is 23.8. The van der Waals surface area contributed by atoms with Crippen molar-refractivity contribution >= 4 is 40.5 Å². The molecule has 0 aliphatic carbocycles. The van der Waals surface area contributed by atoms with E-state index in [1.807, 2.05) is 26.8 Å². The molecule has 1 atom stereocenters. The molecule has 0 aliphatic heterocycles. The lowest BCUT2D eigenvalue weighted by molar-refractivity contribution is -0.119. The molecule has 1 unspecified atom stereocenters. The second-order valence-corrected chi connectivity index (χ2v) is 8.83. The largest absolute Gasteiger partial charge is 0.443 e. The van der Waals surface area contributed by atoms with Crippen LogP contribution in [0.15, 0.2) is 39.9 Å². The lowest BCUT2D eigenvalue weighted by Gasteiger charge is -2.13. The lowest BCUT2D eigenvalue weighted by Crippen LogP contribution is -2.33. The fraction of sp³-hybridized carbons (Fsp3) is 0.417. The molecule has 0 radical (unpaired) electrons. The molecule has 1 aromatic carbocycles. The SMILES string of the molecule is CCCCCC(C)NC(=O)CSc1nc(NC(=O)c2ccccc2)c2c(C)c(C)oc2n1. The summed E-state index contributed by atoms with van der Waals surface area (Å²) in [5.74, 6) is 0.955. The molecule has 2 heterocycles. The van der Waals surface area contributed by atoms with Crippen LogP contribution in [0.5, 0.6) is 0 Å². The average Bonchev–Trinajstić information content (AvgIpc) is 3.06. The number of nitrogens with one attached hydrogen (secondary N) is 2. The quantitative estimate of drug-likeness (QED) is 0.246. The second-order valence-electron chi connectivity index (χ2n) is 7.89. The third kappa shape index (κ3) is 6.09. The van der Waals surface area contributed by atoms with Crippen LogP contribution in [0.1, 0.15) is 61.2 Å². The molecule has 0 saturated carbocycles. The number of anilines is 1. The zero-order valence-corrected chi connectivity index (χ0v) is 19.8. The van der Waals surface area contributed by atoms with Crippen molar-refractivity contribution in [1.82, 2.24) is 15.3 Å². The number of aryl methyl sites for hydroxylation is 2. The molecule has 2 amide bonds. The molecule has 8 heteroatoms. The molecule has 170 valence electrons. The number of fused-ring (bicyclic) bond motifs is 1. The number of hydrogen-bond acceptors (Lipinski definition) is 6. The number of aromatic nitrogens is 2. The normalized spacial score (nSPS) is 12.0. The summed E-state index contributed by atoms with van der Waals surface area (Å²) < 4.78 is 5.78. The summed E-state index contributed by atoms with van der Waals surface area (Å²) in [5, 5.41) is 6.95. The molecule has 0 aliphatic rings. The molecule has 7 nitrogen and oxygen atoms in total. The third-order valence-electron chi connectivity index (χ3n) is 5.26. The zero-order valence-electron chi connectivity index (χ0n) is 19.0. The van der Waals surface area contributed by atoms with Crippen molar-refractivity contribution in [2.45, 2.75) is 64.6 Å². The molecule has 0 spiro atoms. The van der Waals surface area contributed by atoms with E-state index in [-0.39, 0.29) is 23.6 Å². The summed E-state index contributed by atoms with van der Waals surface area (Å²) >= 11 is 1.22. The van der Waals surface area contributed by atoms with Gasteiger partial charge in [-0.05, 0) is 39.3 Å². The van der Waals surface area contributed by atoms with Gasteiger partial charge in [-0.25, -0.2) is 4.98 Å². The molecule has 0 bridgehead atoms. The van der Waals surface area contributed by atoms with Crippen LogP contribution in [-0.2, 0) is 4.79 Å². The van der Waals surface area contributed by atoms with E-state index in [4.69, 9.17) is 4.42 Å². The number of hydrogen-bond donors (Lipinski definition) is 2. The van der Waals surface area contributed by atoms with Crippen LogP contribution in [0.2, 0.25) is 0 Å². The predicted molar refractivity (Wildman–Crippen MR) is 128 cm³/mol. The molecule has 2 N–H and O–H groups in total. The highest BCUT2D eigenvalue weighted by molar-refractivity contribution is 7.99. The van der Waals surface area contributed by atoms with Crippen LogP contribution in [0.25, 0.3) is 11.1 Å². The maximum absolute atomic E-state index is 12.7. The lowest BCUT2D eigenvalue weighted by atomic mass is 10.1. The Hall–Kier alpha value is -2.87. The van der Waals surface area contributed by atoms with Crippen LogP contribution in [0.4, 0.5) is 5.82 Å². The fourth-order valence-electron chi connectivity index (χ4n) is 3.37. The van der Waals surface area contributed by atoms with Crippen molar-refractivity contribution in [2.24, 2.45) is 0 Å². The van der Waals surface area contributed by atoms with Crippen molar-refractivity contribution in [1.29, 1.82) is 0 Å². The van der Waals surface area contributed by atoms with Crippen LogP contribution >= 0.6 is 11.8 Å². The Bertz CT molecular complexity index is 1080. The summed E-state index contributed by atoms with van der Waals surface area (Å²) in [6, 6.07) is 9.08. The number of thioether (sulfide) groups is 1. The minimum absolute atomic E-state index is 0.0654. The van der Waals surface area contributed by atoms with E-state index in [9.17, 15) is 9.59 Å². The summed E-state index contributed by atoms with van der Waals surface area (Å²) in [6.45, 7) is 7.94. The first-order valence-corrected chi connectivity index (χ1v) is 11.9. The topological polar surface area (TPSA) is 97.1 Å². The summed E-state index contributed by atoms with van der Waals surface area (Å²) in [6.07, 6.45) is 4.40. The van der Waals surface area contributed by atoms with Gasteiger partial charge < -0.3 is 15.1 Å². The number of carbonyl (C=O) groups excluding carboxylic acids is 2. The minimum Gasteiger partial charge on any atom is -0.443 e. The average molecular weight is 455 g/mol. The van der Waals surface area contributed by atoms with Crippen molar-refractivity contribution in [2.75, 3.05) is 11.1 Å². The van der Waals surface area contributed by atoms with Crippen molar-refractivity contribution in [3.05, 3.63) is 47.2 Å². The van der Waals surface area contributed by atoms with Crippen molar-refractivity contribution in [3.63, 3.8) is 0 Å². The molecule has 0 saturated heterocycles. The maximum Gasteiger partial charge on any atom is 0.256 e. The van der Waals surface area contributed by atoms with Crippen molar-refractivity contribution in [3.8, 4) is 0 Å². The highest BCUT2D eigenvalue weighted by Crippen LogP contribution is 2.31. The molecule has 3 aromatic rings. The first-order valence-electron chi connectivity index (χ1n) is 10.9. The number of amides is 2. The Morgan fingerprint density at radius 3 is 2.59 bits per heavy atom. The van der Waals surface area contributed by atoms with E-state index in [0.29, 0.717) is 33.4 Å². The Kier molecular flexibility index (Phi) is 8.27. The third-order valence-corrected chi connectivity index (χ3v) is 6.10. The minimum atomic E-state index is -0.265. The van der Waals surface area contributed by atoms with E-state index >= 15 is 0 Å². The Morgan fingerprint density at radius 2 is 1.88 bits per heavy atom. The molecular formula is C24H30N4O3S. The van der Waals surface area contributed by atoms with Crippen LogP contribution in [0.3, 0.4) is 0 Å². The van der Waals surface area contributed by atoms with E-state index in [2.05, 4.69) is 27.5 Å². The number of furan rings is 1. The van der Waals surface area contributed by atoms with E-state index in [0.717, 1.165) is 24.8 Å². The van der Waals surface area contributed by atoms with Gasteiger partial charge in [-0.3, -0.25) is 9.59 Å². The first-order chi connectivity index (χ1) is 15.4. The smallest absolute Gasteiger partial charge is 0.256 e. The standard InChI is InChI=1S/C24H30N4O3S/c1-5-6-8-11-15(2)25-19(29)14-32-24-27-21(20-16(3)17(4)31-23(20)28-24)26-22(30)18-12-9-7-10-13-18/h7,9-10,12-13,15H,5-6,8,11,14H2,1-4H3,(H,25,29)(H,26,27,28,30). The van der Waals surface area contributed by atoms with Gasteiger partial charge in [0.1, 0.15) is 11.6 Å². The zero-order chi connectivity index (χ0) is 23.1. The number of nitrogens with zero attached hydrogens (tertiary/aromatic N) is 2. The second kappa shape index (κ2) is 11.1. The Balaban J connectivity index is 1.74. The van der Waals surface area contributed by atoms with E-state index < -0.39 is 0 Å². The molecule has 2 aromatic heterocycles. The van der Waals surface area contributed by atoms with Gasteiger partial charge in [-0.15, -0.1) is 0 Å². The van der Waals surface area contributed by atoms with Gasteiger partial charge in [-0.1, -0.05) is 56.1 Å². The highest BCUT2D eigenvalue weighted by atomic mass is 32.2. The highest BCUT2D eigenvalue weighted by Gasteiger charge is 2.19. The maximum atomic E-state index is 12.7. The fourth-order valence-corrected chi connectivity index (χ4v) is 4.02. The van der Waals surface area contributed by atoms with Crippen LogP contribution < -0.4 is 10.6 Å². The predicted octanol–water partition coefficient (Wildman–Crippen LogP) is 5.27. The number of rotatable bonds is 10. The Labute approximate surface area is 192 Å². The van der Waals surface area contributed by atoms with Crippen LogP contribution in [-0.4, -0.2) is 33.6 Å².